The molecular formula is C23H35ClN6O. The summed E-state index contributed by atoms with van der Waals surface area (Å²) in [6.07, 6.45) is 3.50. The molecule has 0 saturated carbocycles. The van der Waals surface area contributed by atoms with E-state index in [0.29, 0.717) is 30.1 Å². The van der Waals surface area contributed by atoms with Crippen LogP contribution in [0.4, 0.5) is 0 Å². The van der Waals surface area contributed by atoms with Gasteiger partial charge in [0, 0.05) is 45.5 Å². The van der Waals surface area contributed by atoms with Crippen molar-refractivity contribution in [2.75, 3.05) is 59.5 Å². The summed E-state index contributed by atoms with van der Waals surface area (Å²) in [5.74, 6) is 0.274. The zero-order valence-corrected chi connectivity index (χ0v) is 19.3. The number of aliphatic imine (C=N–C) groups is 1. The molecule has 0 radical (unpaired) electrons. The maximum absolute atomic E-state index is 6.67. The van der Waals surface area contributed by atoms with Crippen LogP contribution in [-0.2, 0) is 4.74 Å². The fraction of sp³-hybridized carbons (Fsp3) is 0.435. The second-order valence-electron chi connectivity index (χ2n) is 7.32. The molecule has 0 bridgehead atoms. The summed E-state index contributed by atoms with van der Waals surface area (Å²) in [6.45, 7) is 9.34. The second-order valence-corrected chi connectivity index (χ2v) is 7.70. The summed E-state index contributed by atoms with van der Waals surface area (Å²) < 4.78 is 5.05. The van der Waals surface area contributed by atoms with Crippen LogP contribution in [0.15, 0.2) is 63.8 Å². The van der Waals surface area contributed by atoms with Crippen LogP contribution in [-0.4, -0.2) is 75.2 Å². The highest BCUT2D eigenvalue weighted by molar-refractivity contribution is 6.38. The van der Waals surface area contributed by atoms with Crippen LogP contribution >= 0.6 is 11.6 Å². The molecule has 0 unspecified atom stereocenters. The van der Waals surface area contributed by atoms with Gasteiger partial charge in [-0.25, -0.2) is 0 Å². The Balaban J connectivity index is 2.21. The molecule has 31 heavy (non-hydrogen) atoms. The summed E-state index contributed by atoms with van der Waals surface area (Å²) in [7, 11) is 1.61. The molecule has 8 heteroatoms. The number of benzene rings is 1. The van der Waals surface area contributed by atoms with Crippen molar-refractivity contribution in [1.29, 1.82) is 0 Å². The van der Waals surface area contributed by atoms with E-state index >= 15 is 0 Å². The number of likely N-dealkylation sites (N-methyl/N-ethyl adjacent to an activating group) is 1. The Labute approximate surface area is 190 Å². The number of rotatable bonds is 10. The fourth-order valence-corrected chi connectivity index (χ4v) is 3.66. The monoisotopic (exact) mass is 446 g/mol. The number of halogens is 1. The van der Waals surface area contributed by atoms with E-state index in [1.165, 1.54) is 0 Å². The molecule has 1 aliphatic rings. The van der Waals surface area contributed by atoms with Crippen LogP contribution in [0, 0.1) is 0 Å². The van der Waals surface area contributed by atoms with Crippen molar-refractivity contribution in [3.63, 3.8) is 0 Å². The van der Waals surface area contributed by atoms with Crippen LogP contribution < -0.4 is 17.2 Å². The van der Waals surface area contributed by atoms with Gasteiger partial charge in [0.1, 0.15) is 5.84 Å². The molecule has 170 valence electrons. The van der Waals surface area contributed by atoms with Gasteiger partial charge in [0.25, 0.3) is 0 Å². The summed E-state index contributed by atoms with van der Waals surface area (Å²) in [4.78, 5) is 9.40. The van der Waals surface area contributed by atoms with Crippen molar-refractivity contribution < 1.29 is 4.74 Å². The molecule has 0 aliphatic carbocycles. The van der Waals surface area contributed by atoms with E-state index in [4.69, 9.17) is 33.5 Å². The van der Waals surface area contributed by atoms with Gasteiger partial charge in [0.2, 0.25) is 0 Å². The van der Waals surface area contributed by atoms with Gasteiger partial charge >= 0.3 is 0 Å². The Morgan fingerprint density at radius 2 is 1.74 bits per heavy atom. The first-order chi connectivity index (χ1) is 15.0. The number of allylic oxidation sites excluding steroid dienone is 1. The maximum Gasteiger partial charge on any atom is 0.129 e. The number of nitrogens with two attached hydrogens (primary N) is 3. The van der Waals surface area contributed by atoms with Crippen molar-refractivity contribution in [2.24, 2.45) is 22.2 Å². The Hall–Kier alpha value is -2.32. The number of ether oxygens (including phenoxy) is 1. The van der Waals surface area contributed by atoms with Crippen LogP contribution in [0.25, 0.3) is 5.70 Å². The van der Waals surface area contributed by atoms with Crippen molar-refractivity contribution in [3.8, 4) is 0 Å². The molecule has 1 fully saturated rings. The number of hydrogen-bond acceptors (Lipinski definition) is 6. The summed E-state index contributed by atoms with van der Waals surface area (Å²) in [6, 6.07) is 9.48. The predicted octanol–water partition coefficient (Wildman–Crippen LogP) is 1.96. The van der Waals surface area contributed by atoms with Gasteiger partial charge in [-0.3, -0.25) is 9.89 Å². The Bertz CT molecular complexity index is 811. The molecule has 1 aliphatic heterocycles. The van der Waals surface area contributed by atoms with Crippen LogP contribution in [0.3, 0.4) is 0 Å². The normalized spacial score (nSPS) is 18.2. The number of methoxy groups -OCH3 is 1. The smallest absolute Gasteiger partial charge is 0.129 e. The number of piperazine rings is 1. The highest BCUT2D eigenvalue weighted by atomic mass is 35.5. The molecule has 1 aromatic rings. The van der Waals surface area contributed by atoms with E-state index in [-0.39, 0.29) is 10.9 Å². The van der Waals surface area contributed by atoms with E-state index in [2.05, 4.69) is 21.7 Å². The average Bonchev–Trinajstić information content (AvgIpc) is 2.80. The third kappa shape index (κ3) is 7.70. The second kappa shape index (κ2) is 13.2. The van der Waals surface area contributed by atoms with E-state index in [1.54, 1.807) is 19.3 Å². The minimum Gasteiger partial charge on any atom is -0.398 e. The first-order valence-electron chi connectivity index (χ1n) is 10.6. The van der Waals surface area contributed by atoms with Crippen molar-refractivity contribution in [1.82, 2.24) is 9.80 Å². The van der Waals surface area contributed by atoms with Crippen molar-refractivity contribution in [3.05, 3.63) is 64.3 Å². The fourth-order valence-electron chi connectivity index (χ4n) is 3.34. The lowest BCUT2D eigenvalue weighted by Gasteiger charge is -2.33. The molecular weight excluding hydrogens is 412 g/mol. The maximum atomic E-state index is 6.67. The molecule has 0 amide bonds. The minimum absolute atomic E-state index is 0.274. The third-order valence-corrected chi connectivity index (χ3v) is 5.65. The molecule has 0 aromatic heterocycles. The van der Waals surface area contributed by atoms with Gasteiger partial charge in [-0.15, -0.1) is 0 Å². The Morgan fingerprint density at radius 3 is 2.35 bits per heavy atom. The van der Waals surface area contributed by atoms with Crippen molar-refractivity contribution in [2.45, 2.75) is 6.92 Å². The first kappa shape index (κ1) is 24.9. The molecule has 1 heterocycles. The number of nitrogens with zero attached hydrogens (tertiary/aromatic N) is 3. The first-order valence-corrected chi connectivity index (χ1v) is 11.0. The molecule has 7 nitrogen and oxygen atoms in total. The Morgan fingerprint density at radius 1 is 1.10 bits per heavy atom. The van der Waals surface area contributed by atoms with Gasteiger partial charge in [-0.1, -0.05) is 54.9 Å². The van der Waals surface area contributed by atoms with Gasteiger partial charge < -0.3 is 26.8 Å². The van der Waals surface area contributed by atoms with E-state index in [0.717, 1.165) is 44.8 Å². The topological polar surface area (TPSA) is 106 Å². The lowest BCUT2D eigenvalue weighted by atomic mass is 10.1. The van der Waals surface area contributed by atoms with E-state index < -0.39 is 0 Å². The summed E-state index contributed by atoms with van der Waals surface area (Å²) in [5, 5.41) is 0.281. The quantitative estimate of drug-likeness (QED) is 0.288. The van der Waals surface area contributed by atoms with Crippen LogP contribution in [0.2, 0.25) is 0 Å². The van der Waals surface area contributed by atoms with E-state index in [9.17, 15) is 0 Å². The molecule has 0 spiro atoms. The standard InChI is InChI=1S/C23H35ClN6O/c1-3-29-13-15-30(16-14-29)12-11-28-23(27)20(19(25)10-7-17-31-2)21(24)22(26)18-8-5-4-6-9-18/h4-10H,3,11-17,25-26H2,1-2H3,(H2,27,28)/b10-7+,20-19-,22-21+. The van der Waals surface area contributed by atoms with Gasteiger partial charge in [-0.05, 0) is 18.2 Å². The SMILES string of the molecule is CCN1CCN(CCN=C(N)C(=C(N)/C=C/COC)/C(Cl)=C(\N)c2ccccc2)CC1. The largest absolute Gasteiger partial charge is 0.398 e. The average molecular weight is 447 g/mol. The van der Waals surface area contributed by atoms with Gasteiger partial charge in [0.15, 0.2) is 0 Å². The molecule has 6 N–H and O–H groups in total. The number of hydrogen-bond donors (Lipinski definition) is 3. The lowest BCUT2D eigenvalue weighted by Crippen LogP contribution is -2.46. The predicted molar refractivity (Wildman–Crippen MR) is 131 cm³/mol. The van der Waals surface area contributed by atoms with Crippen LogP contribution in [0.5, 0.6) is 0 Å². The zero-order valence-electron chi connectivity index (χ0n) is 18.6. The van der Waals surface area contributed by atoms with Crippen LogP contribution in [0.1, 0.15) is 12.5 Å². The van der Waals surface area contributed by atoms with E-state index in [1.807, 2.05) is 30.3 Å². The molecule has 0 atom stereocenters. The highest BCUT2D eigenvalue weighted by Crippen LogP contribution is 2.25. The summed E-state index contributed by atoms with van der Waals surface area (Å²) >= 11 is 6.67. The van der Waals surface area contributed by atoms with Gasteiger partial charge in [-0.2, -0.15) is 0 Å². The molecule has 2 rings (SSSR count). The highest BCUT2D eigenvalue weighted by Gasteiger charge is 2.17. The molecule has 1 aromatic carbocycles. The minimum atomic E-state index is 0.274. The number of amidine groups is 1. The third-order valence-electron chi connectivity index (χ3n) is 5.26. The van der Waals surface area contributed by atoms with Crippen molar-refractivity contribution >= 4 is 23.1 Å². The molecule has 1 saturated heterocycles. The summed E-state index contributed by atoms with van der Waals surface area (Å²) in [5.41, 5.74) is 21.0. The lowest BCUT2D eigenvalue weighted by molar-refractivity contribution is 0.140. The van der Waals surface area contributed by atoms with Gasteiger partial charge in [0.05, 0.1) is 29.5 Å². The Kier molecular flexibility index (Phi) is 10.6. The zero-order chi connectivity index (χ0) is 22.6.